The largest absolute Gasteiger partial charge is 0.481 e. The van der Waals surface area contributed by atoms with Crippen LogP contribution in [0.15, 0.2) is 24.3 Å². The van der Waals surface area contributed by atoms with Crippen molar-refractivity contribution < 1.29 is 19.5 Å². The fourth-order valence-electron chi connectivity index (χ4n) is 2.44. The molecule has 0 unspecified atom stereocenters. The number of nitrogens with zero attached hydrogens (tertiary/aromatic N) is 1. The molecule has 0 aromatic heterocycles. The molecule has 5 heteroatoms. The fourth-order valence-corrected chi connectivity index (χ4v) is 2.44. The normalized spacial score (nSPS) is 10.7. The SMILES string of the molecule is CCc1ccc(C(=O)CCC(=O)N(CCC(=O)O)CC(C)C)cc1. The van der Waals surface area contributed by atoms with E-state index in [0.29, 0.717) is 12.1 Å². The van der Waals surface area contributed by atoms with Crippen molar-refractivity contribution in [2.75, 3.05) is 13.1 Å². The van der Waals surface area contributed by atoms with Crippen molar-refractivity contribution in [1.29, 1.82) is 0 Å². The van der Waals surface area contributed by atoms with Crippen LogP contribution in [0.5, 0.6) is 0 Å². The summed E-state index contributed by atoms with van der Waals surface area (Å²) < 4.78 is 0. The minimum Gasteiger partial charge on any atom is -0.481 e. The molecule has 1 aromatic rings. The highest BCUT2D eigenvalue weighted by atomic mass is 16.4. The zero-order valence-electron chi connectivity index (χ0n) is 14.7. The van der Waals surface area contributed by atoms with Gasteiger partial charge in [-0.25, -0.2) is 0 Å². The second kappa shape index (κ2) is 9.85. The molecule has 0 radical (unpaired) electrons. The summed E-state index contributed by atoms with van der Waals surface area (Å²) in [6.07, 6.45) is 1.10. The zero-order valence-corrected chi connectivity index (χ0v) is 14.7. The molecule has 1 rings (SSSR count). The molecule has 5 nitrogen and oxygen atoms in total. The Balaban J connectivity index is 2.58. The first-order valence-corrected chi connectivity index (χ1v) is 8.45. The summed E-state index contributed by atoms with van der Waals surface area (Å²) in [6.45, 7) is 6.69. The average Bonchev–Trinajstić information content (AvgIpc) is 2.55. The summed E-state index contributed by atoms with van der Waals surface area (Å²) in [5.41, 5.74) is 1.78. The van der Waals surface area contributed by atoms with E-state index in [1.54, 1.807) is 17.0 Å². The number of carbonyl (C=O) groups is 3. The number of carboxylic acid groups (broad SMARTS) is 1. The van der Waals surface area contributed by atoms with Crippen molar-refractivity contribution in [3.8, 4) is 0 Å². The Hall–Kier alpha value is -2.17. The second-order valence-corrected chi connectivity index (χ2v) is 6.35. The highest BCUT2D eigenvalue weighted by Crippen LogP contribution is 2.11. The van der Waals surface area contributed by atoms with Crippen LogP contribution >= 0.6 is 0 Å². The van der Waals surface area contributed by atoms with Crippen molar-refractivity contribution in [3.63, 3.8) is 0 Å². The number of Topliss-reactive ketones (excluding diaryl/α,β-unsaturated/α-hetero) is 1. The van der Waals surface area contributed by atoms with Crippen molar-refractivity contribution in [2.45, 2.75) is 46.5 Å². The van der Waals surface area contributed by atoms with Gasteiger partial charge in [-0.3, -0.25) is 14.4 Å². The number of aryl methyl sites for hydroxylation is 1. The third kappa shape index (κ3) is 6.94. The number of benzene rings is 1. The summed E-state index contributed by atoms with van der Waals surface area (Å²) >= 11 is 0. The molecule has 132 valence electrons. The van der Waals surface area contributed by atoms with Gasteiger partial charge < -0.3 is 10.0 Å². The molecule has 0 saturated heterocycles. The first kappa shape index (κ1) is 19.9. The van der Waals surface area contributed by atoms with Gasteiger partial charge in [0.15, 0.2) is 5.78 Å². The Morgan fingerprint density at radius 3 is 2.17 bits per heavy atom. The number of carbonyl (C=O) groups excluding carboxylic acids is 2. The van der Waals surface area contributed by atoms with E-state index in [-0.39, 0.29) is 43.4 Å². The van der Waals surface area contributed by atoms with E-state index in [2.05, 4.69) is 6.92 Å². The average molecular weight is 333 g/mol. The van der Waals surface area contributed by atoms with Gasteiger partial charge in [-0.2, -0.15) is 0 Å². The topological polar surface area (TPSA) is 74.7 Å². The van der Waals surface area contributed by atoms with Gasteiger partial charge in [0.05, 0.1) is 6.42 Å². The van der Waals surface area contributed by atoms with Crippen molar-refractivity contribution >= 4 is 17.7 Å². The molecule has 0 aliphatic heterocycles. The second-order valence-electron chi connectivity index (χ2n) is 6.35. The molecule has 1 amide bonds. The van der Waals surface area contributed by atoms with Crippen LogP contribution in [0.2, 0.25) is 0 Å². The van der Waals surface area contributed by atoms with Gasteiger partial charge >= 0.3 is 5.97 Å². The lowest BCUT2D eigenvalue weighted by Gasteiger charge is -2.24. The maximum absolute atomic E-state index is 12.3. The molecular weight excluding hydrogens is 306 g/mol. The highest BCUT2D eigenvalue weighted by molar-refractivity contribution is 5.98. The van der Waals surface area contributed by atoms with Gasteiger partial charge in [0.1, 0.15) is 0 Å². The van der Waals surface area contributed by atoms with Crippen molar-refractivity contribution in [3.05, 3.63) is 35.4 Å². The van der Waals surface area contributed by atoms with Gasteiger partial charge in [0.25, 0.3) is 0 Å². The Morgan fingerprint density at radius 2 is 1.67 bits per heavy atom. The van der Waals surface area contributed by atoms with Crippen LogP contribution in [0.3, 0.4) is 0 Å². The minimum atomic E-state index is -0.927. The molecule has 0 spiro atoms. The fraction of sp³-hybridized carbons (Fsp3) is 0.526. The van der Waals surface area contributed by atoms with Gasteiger partial charge in [-0.1, -0.05) is 45.0 Å². The Kier molecular flexibility index (Phi) is 8.16. The number of hydrogen-bond acceptors (Lipinski definition) is 3. The number of rotatable bonds is 10. The van der Waals surface area contributed by atoms with Crippen LogP contribution < -0.4 is 0 Å². The van der Waals surface area contributed by atoms with E-state index in [0.717, 1.165) is 6.42 Å². The van der Waals surface area contributed by atoms with Gasteiger partial charge in [-0.05, 0) is 17.9 Å². The number of hydrogen-bond donors (Lipinski definition) is 1. The quantitative estimate of drug-likeness (QED) is 0.667. The van der Waals surface area contributed by atoms with Crippen molar-refractivity contribution in [2.24, 2.45) is 5.92 Å². The molecule has 1 aromatic carbocycles. The van der Waals surface area contributed by atoms with Gasteiger partial charge in [-0.15, -0.1) is 0 Å². The molecule has 0 saturated carbocycles. The maximum Gasteiger partial charge on any atom is 0.305 e. The predicted molar refractivity (Wildman–Crippen MR) is 93.1 cm³/mol. The lowest BCUT2D eigenvalue weighted by atomic mass is 10.0. The molecule has 0 fully saturated rings. The monoisotopic (exact) mass is 333 g/mol. The lowest BCUT2D eigenvalue weighted by Crippen LogP contribution is -2.36. The Morgan fingerprint density at radius 1 is 1.04 bits per heavy atom. The third-order valence-electron chi connectivity index (χ3n) is 3.78. The van der Waals surface area contributed by atoms with Crippen molar-refractivity contribution in [1.82, 2.24) is 4.90 Å². The summed E-state index contributed by atoms with van der Waals surface area (Å²) in [6, 6.07) is 7.43. The molecule has 24 heavy (non-hydrogen) atoms. The molecular formula is C19H27NO4. The van der Waals surface area contributed by atoms with Crippen LogP contribution in [0.1, 0.15) is 56.0 Å². The highest BCUT2D eigenvalue weighted by Gasteiger charge is 2.17. The standard InChI is InChI=1S/C19H27NO4/c1-4-15-5-7-16(8-6-15)17(21)9-10-18(22)20(13-14(2)3)12-11-19(23)24/h5-8,14H,4,9-13H2,1-3H3,(H,23,24). The van der Waals surface area contributed by atoms with E-state index in [9.17, 15) is 14.4 Å². The Labute approximate surface area is 143 Å². The Bertz CT molecular complexity index is 563. The molecule has 0 aliphatic carbocycles. The molecule has 0 aliphatic rings. The molecule has 0 atom stereocenters. The molecule has 0 bridgehead atoms. The van der Waals surface area contributed by atoms with E-state index >= 15 is 0 Å². The molecule has 0 heterocycles. The van der Waals surface area contributed by atoms with Crippen LogP contribution in [0.25, 0.3) is 0 Å². The zero-order chi connectivity index (χ0) is 18.1. The third-order valence-corrected chi connectivity index (χ3v) is 3.78. The smallest absolute Gasteiger partial charge is 0.305 e. The summed E-state index contributed by atoms with van der Waals surface area (Å²) in [5, 5.41) is 8.80. The van der Waals surface area contributed by atoms with Gasteiger partial charge in [0.2, 0.25) is 5.91 Å². The predicted octanol–water partition coefficient (Wildman–Crippen LogP) is 3.17. The summed E-state index contributed by atoms with van der Waals surface area (Å²) in [7, 11) is 0. The van der Waals surface area contributed by atoms with Crippen LogP contribution in [-0.4, -0.2) is 40.8 Å². The van der Waals surface area contributed by atoms with E-state index in [1.165, 1.54) is 5.56 Å². The van der Waals surface area contributed by atoms with E-state index in [1.807, 2.05) is 26.0 Å². The first-order chi connectivity index (χ1) is 11.3. The number of ketones is 1. The summed E-state index contributed by atoms with van der Waals surface area (Å²) in [4.78, 5) is 36.8. The molecule has 1 N–H and O–H groups in total. The van der Waals surface area contributed by atoms with E-state index < -0.39 is 5.97 Å². The van der Waals surface area contributed by atoms with Gasteiger partial charge in [0, 0.05) is 31.5 Å². The minimum absolute atomic E-state index is 0.0614. The van der Waals surface area contributed by atoms with E-state index in [4.69, 9.17) is 5.11 Å². The summed E-state index contributed by atoms with van der Waals surface area (Å²) in [5.74, 6) is -0.902. The van der Waals surface area contributed by atoms with Crippen LogP contribution in [0.4, 0.5) is 0 Å². The number of aliphatic carboxylic acids is 1. The first-order valence-electron chi connectivity index (χ1n) is 8.45. The number of amides is 1. The lowest BCUT2D eigenvalue weighted by molar-refractivity contribution is -0.138. The van der Waals surface area contributed by atoms with Crippen LogP contribution in [0, 0.1) is 5.92 Å². The maximum atomic E-state index is 12.3. The van der Waals surface area contributed by atoms with Crippen LogP contribution in [-0.2, 0) is 16.0 Å². The number of carboxylic acids is 1.